The van der Waals surface area contributed by atoms with Crippen LogP contribution in [0.2, 0.25) is 0 Å². The summed E-state index contributed by atoms with van der Waals surface area (Å²) in [6.45, 7) is 5.92. The van der Waals surface area contributed by atoms with Crippen molar-refractivity contribution in [1.82, 2.24) is 4.90 Å². The van der Waals surface area contributed by atoms with E-state index in [0.717, 1.165) is 31.9 Å². The van der Waals surface area contributed by atoms with E-state index in [2.05, 4.69) is 12.1 Å². The monoisotopic (exact) mass is 291 g/mol. The highest BCUT2D eigenvalue weighted by atomic mass is 16.5. The van der Waals surface area contributed by atoms with Crippen molar-refractivity contribution in [2.45, 2.75) is 6.04 Å². The van der Waals surface area contributed by atoms with Crippen LogP contribution in [0, 0.1) is 0 Å². The number of carbonyl (C=O) groups is 1. The number of quaternary nitrogens is 1. The second kappa shape index (κ2) is 7.02. The van der Waals surface area contributed by atoms with Crippen LogP contribution in [0.5, 0.6) is 0 Å². The van der Waals surface area contributed by atoms with Gasteiger partial charge in [-0.25, -0.2) is 0 Å². The second-order valence-electron chi connectivity index (χ2n) is 5.55. The van der Waals surface area contributed by atoms with Gasteiger partial charge in [-0.3, -0.25) is 4.79 Å². The molecule has 0 aromatic heterocycles. The normalized spacial score (nSPS) is 22.0. The fourth-order valence-electron chi connectivity index (χ4n) is 3.09. The average molecular weight is 291 g/mol. The average Bonchev–Trinajstić information content (AvgIpc) is 2.58. The summed E-state index contributed by atoms with van der Waals surface area (Å²) in [6.07, 6.45) is 0. The van der Waals surface area contributed by atoms with Crippen LogP contribution in [0.3, 0.4) is 0 Å². The third kappa shape index (κ3) is 3.43. The van der Waals surface area contributed by atoms with Crippen molar-refractivity contribution in [3.05, 3.63) is 35.9 Å². The molecule has 1 aromatic carbocycles. The summed E-state index contributed by atoms with van der Waals surface area (Å²) in [5.41, 5.74) is 1.10. The quantitative estimate of drug-likeness (QED) is 0.817. The Bertz CT molecular complexity index is 454. The van der Waals surface area contributed by atoms with Gasteiger partial charge < -0.3 is 19.3 Å². The van der Waals surface area contributed by atoms with Gasteiger partial charge in [0.15, 0.2) is 6.04 Å². The molecule has 1 N–H and O–H groups in total. The minimum atomic E-state index is -0.117. The lowest BCUT2D eigenvalue weighted by Crippen LogP contribution is -3.15. The molecule has 0 aliphatic carbocycles. The van der Waals surface area contributed by atoms with Crippen LogP contribution in [-0.4, -0.2) is 63.4 Å². The molecule has 1 amide bonds. The first-order valence-electron chi connectivity index (χ1n) is 7.70. The number of nitrogens with one attached hydrogen (secondary N) is 1. The second-order valence-corrected chi connectivity index (χ2v) is 5.55. The smallest absolute Gasteiger partial charge is 0.285 e. The van der Waals surface area contributed by atoms with Crippen LogP contribution in [0.4, 0.5) is 0 Å². The van der Waals surface area contributed by atoms with E-state index in [1.807, 2.05) is 23.1 Å². The maximum atomic E-state index is 13.0. The molecule has 2 aliphatic rings. The van der Waals surface area contributed by atoms with Crippen molar-refractivity contribution in [1.29, 1.82) is 0 Å². The van der Waals surface area contributed by atoms with Gasteiger partial charge in [0.2, 0.25) is 0 Å². The van der Waals surface area contributed by atoms with Gasteiger partial charge in [-0.05, 0) is 0 Å². The predicted octanol–water partition coefficient (Wildman–Crippen LogP) is -0.498. The van der Waals surface area contributed by atoms with Crippen molar-refractivity contribution in [3.8, 4) is 0 Å². The van der Waals surface area contributed by atoms with Gasteiger partial charge in [0.1, 0.15) is 13.1 Å². The van der Waals surface area contributed by atoms with E-state index in [0.29, 0.717) is 26.3 Å². The minimum Gasteiger partial charge on any atom is -0.378 e. The number of carbonyl (C=O) groups excluding carboxylic acids is 1. The third-order valence-corrected chi connectivity index (χ3v) is 4.25. The zero-order chi connectivity index (χ0) is 14.5. The highest BCUT2D eigenvalue weighted by Crippen LogP contribution is 2.14. The summed E-state index contributed by atoms with van der Waals surface area (Å²) in [5, 5.41) is 0. The Labute approximate surface area is 125 Å². The van der Waals surface area contributed by atoms with Gasteiger partial charge in [0.05, 0.1) is 26.4 Å². The van der Waals surface area contributed by atoms with E-state index >= 15 is 0 Å². The summed E-state index contributed by atoms with van der Waals surface area (Å²) < 4.78 is 10.8. The summed E-state index contributed by atoms with van der Waals surface area (Å²) >= 11 is 0. The standard InChI is InChI=1S/C16H22N2O3/c19-16(18-8-12-21-13-9-18)15(14-4-2-1-3-5-14)17-6-10-20-11-7-17/h1-5,15H,6-13H2/p+1/t15-/m1/s1. The van der Waals surface area contributed by atoms with Crippen LogP contribution < -0.4 is 4.90 Å². The van der Waals surface area contributed by atoms with Crippen LogP contribution >= 0.6 is 0 Å². The zero-order valence-corrected chi connectivity index (χ0v) is 12.3. The molecule has 3 rings (SSSR count). The Morgan fingerprint density at radius 2 is 1.62 bits per heavy atom. The first-order chi connectivity index (χ1) is 10.4. The number of morpholine rings is 2. The number of ether oxygens (including phenoxy) is 2. The molecule has 2 heterocycles. The Hall–Kier alpha value is -1.43. The van der Waals surface area contributed by atoms with E-state index in [9.17, 15) is 4.79 Å². The molecule has 1 atom stereocenters. The van der Waals surface area contributed by atoms with Crippen LogP contribution in [0.1, 0.15) is 11.6 Å². The minimum absolute atomic E-state index is 0.117. The molecule has 0 spiro atoms. The summed E-state index contributed by atoms with van der Waals surface area (Å²) in [7, 11) is 0. The SMILES string of the molecule is O=C([C@@H](c1ccccc1)[NH+]1CCOCC1)N1CCOCC1. The molecule has 0 bridgehead atoms. The highest BCUT2D eigenvalue weighted by Gasteiger charge is 2.36. The van der Waals surface area contributed by atoms with Crippen LogP contribution in [0.25, 0.3) is 0 Å². The van der Waals surface area contributed by atoms with Gasteiger partial charge in [0.25, 0.3) is 5.91 Å². The number of rotatable bonds is 3. The molecule has 2 fully saturated rings. The van der Waals surface area contributed by atoms with E-state index in [1.165, 1.54) is 4.90 Å². The molecule has 21 heavy (non-hydrogen) atoms. The van der Waals surface area contributed by atoms with Gasteiger partial charge in [-0.1, -0.05) is 30.3 Å². The lowest BCUT2D eigenvalue weighted by atomic mass is 10.0. The number of benzene rings is 1. The molecule has 0 radical (unpaired) electrons. The zero-order valence-electron chi connectivity index (χ0n) is 12.3. The molecular formula is C16H23N2O3+. The lowest BCUT2D eigenvalue weighted by Gasteiger charge is -2.35. The molecule has 0 saturated carbocycles. The van der Waals surface area contributed by atoms with Crippen LogP contribution in [0.15, 0.2) is 30.3 Å². The summed E-state index contributed by atoms with van der Waals surface area (Å²) in [6, 6.07) is 10.0. The molecule has 5 heteroatoms. The van der Waals surface area contributed by atoms with E-state index < -0.39 is 0 Å². The number of hydrogen-bond donors (Lipinski definition) is 1. The molecule has 1 aromatic rings. The lowest BCUT2D eigenvalue weighted by molar-refractivity contribution is -0.929. The Balaban J connectivity index is 1.82. The maximum Gasteiger partial charge on any atom is 0.285 e. The Kier molecular flexibility index (Phi) is 4.85. The topological polar surface area (TPSA) is 43.2 Å². The number of hydrogen-bond acceptors (Lipinski definition) is 3. The van der Waals surface area contributed by atoms with Crippen LogP contribution in [-0.2, 0) is 14.3 Å². The molecular weight excluding hydrogens is 268 g/mol. The van der Waals surface area contributed by atoms with Gasteiger partial charge in [-0.15, -0.1) is 0 Å². The highest BCUT2D eigenvalue weighted by molar-refractivity contribution is 5.82. The predicted molar refractivity (Wildman–Crippen MR) is 78.1 cm³/mol. The van der Waals surface area contributed by atoms with E-state index in [4.69, 9.17) is 9.47 Å². The summed E-state index contributed by atoms with van der Waals surface area (Å²) in [5.74, 6) is 0.224. The molecule has 2 aliphatic heterocycles. The van der Waals surface area contributed by atoms with Gasteiger partial charge >= 0.3 is 0 Å². The van der Waals surface area contributed by atoms with Gasteiger partial charge in [-0.2, -0.15) is 0 Å². The molecule has 114 valence electrons. The van der Waals surface area contributed by atoms with Crippen molar-refractivity contribution in [2.75, 3.05) is 52.6 Å². The Morgan fingerprint density at radius 3 is 2.29 bits per heavy atom. The Morgan fingerprint density at radius 1 is 1.00 bits per heavy atom. The molecule has 5 nitrogen and oxygen atoms in total. The third-order valence-electron chi connectivity index (χ3n) is 4.25. The fraction of sp³-hybridized carbons (Fsp3) is 0.562. The summed E-state index contributed by atoms with van der Waals surface area (Å²) in [4.78, 5) is 16.3. The first-order valence-corrected chi connectivity index (χ1v) is 7.70. The molecule has 2 saturated heterocycles. The van der Waals surface area contributed by atoms with Gasteiger partial charge in [0, 0.05) is 18.7 Å². The van der Waals surface area contributed by atoms with Crippen molar-refractivity contribution in [2.24, 2.45) is 0 Å². The maximum absolute atomic E-state index is 13.0. The van der Waals surface area contributed by atoms with Crippen molar-refractivity contribution < 1.29 is 19.2 Å². The number of amides is 1. The molecule has 0 unspecified atom stereocenters. The van der Waals surface area contributed by atoms with E-state index in [-0.39, 0.29) is 11.9 Å². The number of nitrogens with zero attached hydrogens (tertiary/aromatic N) is 1. The largest absolute Gasteiger partial charge is 0.378 e. The fourth-order valence-corrected chi connectivity index (χ4v) is 3.09. The van der Waals surface area contributed by atoms with Crippen molar-refractivity contribution >= 4 is 5.91 Å². The van der Waals surface area contributed by atoms with Crippen molar-refractivity contribution in [3.63, 3.8) is 0 Å². The van der Waals surface area contributed by atoms with E-state index in [1.54, 1.807) is 0 Å². The first kappa shape index (κ1) is 14.5.